The monoisotopic (exact) mass is 394 g/mol. The Hall–Kier alpha value is -2.05. The molecule has 2 aromatic rings. The maximum Gasteiger partial charge on any atom is 0.254 e. The van der Waals surface area contributed by atoms with Crippen molar-refractivity contribution in [3.63, 3.8) is 0 Å². The maximum atomic E-state index is 12.6. The van der Waals surface area contributed by atoms with E-state index in [0.29, 0.717) is 54.8 Å². The van der Waals surface area contributed by atoms with Gasteiger partial charge in [0.15, 0.2) is 0 Å². The van der Waals surface area contributed by atoms with Crippen LogP contribution in [0.5, 0.6) is 0 Å². The van der Waals surface area contributed by atoms with E-state index in [0.717, 1.165) is 5.56 Å². The van der Waals surface area contributed by atoms with Gasteiger partial charge in [-0.15, -0.1) is 0 Å². The minimum atomic E-state index is -0.117. The van der Waals surface area contributed by atoms with Gasteiger partial charge in [-0.2, -0.15) is 5.10 Å². The van der Waals surface area contributed by atoms with E-state index in [-0.39, 0.29) is 11.8 Å². The van der Waals surface area contributed by atoms with E-state index in [1.54, 1.807) is 38.9 Å². The SMILES string of the molecule is Cc1cnn(CCC(=O)N2CCN(C(=O)c3cc(Cl)cc(Cl)c3)CC2)c1. The zero-order valence-electron chi connectivity index (χ0n) is 14.5. The first-order valence-electron chi connectivity index (χ1n) is 8.44. The molecule has 138 valence electrons. The highest BCUT2D eigenvalue weighted by Crippen LogP contribution is 2.20. The summed E-state index contributed by atoms with van der Waals surface area (Å²) in [6.45, 7) is 4.57. The standard InChI is InChI=1S/C18H20Cl2N4O2/c1-13-11-21-24(12-13)3-2-17(25)22-4-6-23(7-5-22)18(26)14-8-15(19)10-16(20)9-14/h8-12H,2-7H2,1H3. The van der Waals surface area contributed by atoms with Gasteiger partial charge in [0.2, 0.25) is 5.91 Å². The number of nitrogens with zero attached hydrogens (tertiary/aromatic N) is 4. The molecule has 3 rings (SSSR count). The second-order valence-corrected chi connectivity index (χ2v) is 7.23. The Morgan fingerprint density at radius 1 is 1.04 bits per heavy atom. The number of amides is 2. The number of carbonyl (C=O) groups excluding carboxylic acids is 2. The lowest BCUT2D eigenvalue weighted by Gasteiger charge is -2.35. The van der Waals surface area contributed by atoms with E-state index in [1.807, 2.05) is 13.1 Å². The van der Waals surface area contributed by atoms with Crippen molar-refractivity contribution < 1.29 is 9.59 Å². The van der Waals surface area contributed by atoms with Crippen LogP contribution in [0.4, 0.5) is 0 Å². The summed E-state index contributed by atoms with van der Waals surface area (Å²) in [5.74, 6) is -0.0374. The van der Waals surface area contributed by atoms with Crippen LogP contribution >= 0.6 is 23.2 Å². The molecule has 0 radical (unpaired) electrons. The summed E-state index contributed by atoms with van der Waals surface area (Å²) in [4.78, 5) is 28.5. The van der Waals surface area contributed by atoms with Crippen molar-refractivity contribution in [2.75, 3.05) is 26.2 Å². The molecule has 2 amide bonds. The molecule has 2 heterocycles. The third kappa shape index (κ3) is 4.56. The van der Waals surface area contributed by atoms with E-state index < -0.39 is 0 Å². The Balaban J connectivity index is 1.51. The highest BCUT2D eigenvalue weighted by atomic mass is 35.5. The van der Waals surface area contributed by atoms with Gasteiger partial charge in [0.05, 0.1) is 6.20 Å². The topological polar surface area (TPSA) is 58.4 Å². The molecule has 1 aliphatic rings. The molecule has 0 N–H and O–H groups in total. The summed E-state index contributed by atoms with van der Waals surface area (Å²) in [6, 6.07) is 4.82. The zero-order valence-corrected chi connectivity index (χ0v) is 16.0. The molecule has 0 spiro atoms. The van der Waals surface area contributed by atoms with Gasteiger partial charge in [-0.05, 0) is 30.7 Å². The maximum absolute atomic E-state index is 12.6. The quantitative estimate of drug-likeness (QED) is 0.800. The van der Waals surface area contributed by atoms with Crippen LogP contribution in [0.25, 0.3) is 0 Å². The lowest BCUT2D eigenvalue weighted by atomic mass is 10.1. The van der Waals surface area contributed by atoms with Crippen molar-refractivity contribution in [1.29, 1.82) is 0 Å². The zero-order chi connectivity index (χ0) is 18.7. The summed E-state index contributed by atoms with van der Waals surface area (Å²) in [7, 11) is 0. The van der Waals surface area contributed by atoms with Crippen LogP contribution in [-0.4, -0.2) is 57.6 Å². The second-order valence-electron chi connectivity index (χ2n) is 6.36. The number of piperazine rings is 1. The minimum Gasteiger partial charge on any atom is -0.339 e. The lowest BCUT2D eigenvalue weighted by molar-refractivity contribution is -0.132. The number of aryl methyl sites for hydroxylation is 2. The summed E-state index contributed by atoms with van der Waals surface area (Å²) in [6.07, 6.45) is 4.09. The molecule has 26 heavy (non-hydrogen) atoms. The smallest absolute Gasteiger partial charge is 0.254 e. The van der Waals surface area contributed by atoms with Crippen LogP contribution in [0.3, 0.4) is 0 Å². The highest BCUT2D eigenvalue weighted by molar-refractivity contribution is 6.35. The summed E-state index contributed by atoms with van der Waals surface area (Å²) in [5, 5.41) is 5.05. The van der Waals surface area contributed by atoms with Gasteiger partial charge in [0.1, 0.15) is 0 Å². The van der Waals surface area contributed by atoms with Crippen molar-refractivity contribution in [3.05, 3.63) is 51.8 Å². The third-order valence-electron chi connectivity index (χ3n) is 4.35. The largest absolute Gasteiger partial charge is 0.339 e. The molecule has 0 saturated carbocycles. The average Bonchev–Trinajstić information content (AvgIpc) is 3.03. The van der Waals surface area contributed by atoms with Gasteiger partial charge in [-0.3, -0.25) is 14.3 Å². The molecule has 1 saturated heterocycles. The van der Waals surface area contributed by atoms with Gasteiger partial charge in [-0.25, -0.2) is 0 Å². The van der Waals surface area contributed by atoms with Crippen molar-refractivity contribution in [3.8, 4) is 0 Å². The first-order valence-corrected chi connectivity index (χ1v) is 9.20. The molecule has 0 aliphatic carbocycles. The Morgan fingerprint density at radius 3 is 2.23 bits per heavy atom. The molecule has 0 atom stereocenters. The summed E-state index contributed by atoms with van der Waals surface area (Å²) >= 11 is 11.9. The summed E-state index contributed by atoms with van der Waals surface area (Å²) in [5.41, 5.74) is 1.54. The minimum absolute atomic E-state index is 0.0797. The van der Waals surface area contributed by atoms with Crippen molar-refractivity contribution in [1.82, 2.24) is 19.6 Å². The normalized spacial score (nSPS) is 14.6. The number of rotatable bonds is 4. The van der Waals surface area contributed by atoms with Crippen molar-refractivity contribution >= 4 is 35.0 Å². The Labute approximate surface area is 162 Å². The fourth-order valence-electron chi connectivity index (χ4n) is 2.98. The number of halogens is 2. The molecule has 1 aromatic carbocycles. The molecule has 0 unspecified atom stereocenters. The van der Waals surface area contributed by atoms with Gasteiger partial charge >= 0.3 is 0 Å². The van der Waals surface area contributed by atoms with E-state index >= 15 is 0 Å². The fourth-order valence-corrected chi connectivity index (χ4v) is 3.50. The van der Waals surface area contributed by atoms with Gasteiger partial charge in [-0.1, -0.05) is 23.2 Å². The van der Waals surface area contributed by atoms with E-state index in [2.05, 4.69) is 5.10 Å². The van der Waals surface area contributed by atoms with Crippen LogP contribution < -0.4 is 0 Å². The summed E-state index contributed by atoms with van der Waals surface area (Å²) < 4.78 is 1.77. The van der Waals surface area contributed by atoms with Crippen LogP contribution in [-0.2, 0) is 11.3 Å². The van der Waals surface area contributed by atoms with Crippen LogP contribution in [0.2, 0.25) is 10.0 Å². The first kappa shape index (κ1) is 18.7. The van der Waals surface area contributed by atoms with Crippen molar-refractivity contribution in [2.24, 2.45) is 0 Å². The average molecular weight is 395 g/mol. The Bertz CT molecular complexity index is 793. The number of hydrogen-bond acceptors (Lipinski definition) is 3. The third-order valence-corrected chi connectivity index (χ3v) is 4.78. The van der Waals surface area contributed by atoms with E-state index in [9.17, 15) is 9.59 Å². The van der Waals surface area contributed by atoms with Crippen LogP contribution in [0.1, 0.15) is 22.3 Å². The number of benzene rings is 1. The first-order chi connectivity index (χ1) is 12.4. The van der Waals surface area contributed by atoms with Crippen LogP contribution in [0.15, 0.2) is 30.6 Å². The number of aromatic nitrogens is 2. The van der Waals surface area contributed by atoms with Gasteiger partial charge < -0.3 is 9.80 Å². The number of carbonyl (C=O) groups is 2. The lowest BCUT2D eigenvalue weighted by Crippen LogP contribution is -2.50. The van der Waals surface area contributed by atoms with Crippen LogP contribution in [0, 0.1) is 6.92 Å². The molecular formula is C18H20Cl2N4O2. The molecule has 6 nitrogen and oxygen atoms in total. The predicted molar refractivity (Wildman–Crippen MR) is 101 cm³/mol. The van der Waals surface area contributed by atoms with Gasteiger partial charge in [0, 0.05) is 61.0 Å². The Morgan fingerprint density at radius 2 is 1.65 bits per heavy atom. The molecule has 1 aliphatic heterocycles. The van der Waals surface area contributed by atoms with E-state index in [4.69, 9.17) is 23.2 Å². The molecular weight excluding hydrogens is 375 g/mol. The molecule has 1 fully saturated rings. The molecule has 0 bridgehead atoms. The second kappa shape index (κ2) is 8.10. The van der Waals surface area contributed by atoms with Gasteiger partial charge in [0.25, 0.3) is 5.91 Å². The predicted octanol–water partition coefficient (Wildman–Crippen LogP) is 2.87. The molecule has 8 heteroatoms. The number of hydrogen-bond donors (Lipinski definition) is 0. The molecule has 1 aromatic heterocycles. The van der Waals surface area contributed by atoms with E-state index in [1.165, 1.54) is 0 Å². The Kier molecular flexibility index (Phi) is 5.84. The van der Waals surface area contributed by atoms with Crippen molar-refractivity contribution in [2.45, 2.75) is 19.9 Å². The highest BCUT2D eigenvalue weighted by Gasteiger charge is 2.25. The fraction of sp³-hybridized carbons (Fsp3) is 0.389.